The molecule has 1 aromatic heterocycles. The van der Waals surface area contributed by atoms with Crippen LogP contribution in [0.4, 0.5) is 0 Å². The summed E-state index contributed by atoms with van der Waals surface area (Å²) in [4.78, 5) is 16.4. The Labute approximate surface area is 168 Å². The molecule has 1 heterocycles. The van der Waals surface area contributed by atoms with Gasteiger partial charge in [-0.05, 0) is 49.8 Å². The van der Waals surface area contributed by atoms with Crippen LogP contribution in [0, 0.1) is 6.92 Å². The highest BCUT2D eigenvalue weighted by atomic mass is 32.1. The van der Waals surface area contributed by atoms with E-state index in [-0.39, 0.29) is 0 Å². The molecule has 0 fully saturated rings. The molecule has 3 rings (SSSR count). The minimum Gasteiger partial charge on any atom is -0.490 e. The van der Waals surface area contributed by atoms with Gasteiger partial charge in [-0.25, -0.2) is 9.78 Å². The molecule has 144 valence electrons. The van der Waals surface area contributed by atoms with E-state index in [2.05, 4.69) is 4.98 Å². The number of thiazole rings is 1. The molecule has 0 saturated carbocycles. The van der Waals surface area contributed by atoms with Gasteiger partial charge in [0.2, 0.25) is 0 Å². The van der Waals surface area contributed by atoms with Crippen LogP contribution in [0.15, 0.2) is 60.0 Å². The van der Waals surface area contributed by atoms with Gasteiger partial charge in [-0.2, -0.15) is 0 Å². The molecular weight excluding hydrogens is 374 g/mol. The van der Waals surface area contributed by atoms with E-state index in [1.807, 2.05) is 49.6 Å². The van der Waals surface area contributed by atoms with Crippen LogP contribution in [0.3, 0.4) is 0 Å². The number of hydrogen-bond donors (Lipinski definition) is 0. The first-order chi connectivity index (χ1) is 13.6. The number of aryl methyl sites for hydroxylation is 1. The quantitative estimate of drug-likeness (QED) is 0.304. The van der Waals surface area contributed by atoms with Crippen molar-refractivity contribution in [3.8, 4) is 17.2 Å². The molecule has 5 nitrogen and oxygen atoms in total. The highest BCUT2D eigenvalue weighted by Crippen LogP contribution is 2.26. The maximum Gasteiger partial charge on any atom is 0.336 e. The molecule has 28 heavy (non-hydrogen) atoms. The van der Waals surface area contributed by atoms with Gasteiger partial charge in [0.25, 0.3) is 0 Å². The maximum absolute atomic E-state index is 12.1. The SMILES string of the molecule is CCOc1ccccc1OC(=O)C=Cc1ccc(OCc2csc(C)n2)cc1. The van der Waals surface area contributed by atoms with Crippen molar-refractivity contribution in [2.45, 2.75) is 20.5 Å². The fraction of sp³-hybridized carbons (Fsp3) is 0.182. The van der Waals surface area contributed by atoms with E-state index in [4.69, 9.17) is 14.2 Å². The van der Waals surface area contributed by atoms with Crippen LogP contribution in [0.1, 0.15) is 23.2 Å². The third kappa shape index (κ3) is 5.69. The second kappa shape index (κ2) is 9.71. The molecule has 0 aliphatic carbocycles. The number of carbonyl (C=O) groups excluding carboxylic acids is 1. The molecular formula is C22H21NO4S. The van der Waals surface area contributed by atoms with E-state index < -0.39 is 5.97 Å². The van der Waals surface area contributed by atoms with Crippen LogP contribution in [-0.4, -0.2) is 17.6 Å². The first kappa shape index (κ1) is 19.6. The van der Waals surface area contributed by atoms with Gasteiger partial charge < -0.3 is 14.2 Å². The molecule has 0 radical (unpaired) electrons. The van der Waals surface area contributed by atoms with Crippen LogP contribution in [0.5, 0.6) is 17.2 Å². The van der Waals surface area contributed by atoms with Crippen LogP contribution in [0.2, 0.25) is 0 Å². The minimum absolute atomic E-state index is 0.403. The smallest absolute Gasteiger partial charge is 0.336 e. The molecule has 0 unspecified atom stereocenters. The van der Waals surface area contributed by atoms with Gasteiger partial charge in [0, 0.05) is 11.5 Å². The van der Waals surface area contributed by atoms with Crippen molar-refractivity contribution in [3.63, 3.8) is 0 Å². The predicted molar refractivity (Wildman–Crippen MR) is 110 cm³/mol. The zero-order chi connectivity index (χ0) is 19.8. The number of carbonyl (C=O) groups is 1. The Morgan fingerprint density at radius 3 is 2.50 bits per heavy atom. The van der Waals surface area contributed by atoms with Crippen molar-refractivity contribution < 1.29 is 19.0 Å². The molecule has 0 spiro atoms. The molecule has 6 heteroatoms. The van der Waals surface area contributed by atoms with Gasteiger partial charge in [-0.15, -0.1) is 11.3 Å². The van der Waals surface area contributed by atoms with Crippen LogP contribution < -0.4 is 14.2 Å². The van der Waals surface area contributed by atoms with E-state index >= 15 is 0 Å². The summed E-state index contributed by atoms with van der Waals surface area (Å²) in [6.07, 6.45) is 3.08. The summed E-state index contributed by atoms with van der Waals surface area (Å²) < 4.78 is 16.5. The second-order valence-corrected chi connectivity index (χ2v) is 6.91. The first-order valence-corrected chi connectivity index (χ1v) is 9.77. The number of aromatic nitrogens is 1. The standard InChI is InChI=1S/C22H21NO4S/c1-3-25-20-6-4-5-7-21(20)27-22(24)13-10-17-8-11-19(12-9-17)26-14-18-15-28-16(2)23-18/h4-13,15H,3,14H2,1-2H3. The van der Waals surface area contributed by atoms with Crippen molar-refractivity contribution in [2.24, 2.45) is 0 Å². The van der Waals surface area contributed by atoms with Crippen LogP contribution in [-0.2, 0) is 11.4 Å². The number of esters is 1. The highest BCUT2D eigenvalue weighted by molar-refractivity contribution is 7.09. The summed E-state index contributed by atoms with van der Waals surface area (Å²) in [7, 11) is 0. The predicted octanol–water partition coefficient (Wildman–Crippen LogP) is 5.05. The largest absolute Gasteiger partial charge is 0.490 e. The van der Waals surface area contributed by atoms with Gasteiger partial charge >= 0.3 is 5.97 Å². The Hall–Kier alpha value is -3.12. The number of ether oxygens (including phenoxy) is 3. The second-order valence-electron chi connectivity index (χ2n) is 5.85. The molecule has 0 atom stereocenters. The topological polar surface area (TPSA) is 57.7 Å². The van der Waals surface area contributed by atoms with Crippen molar-refractivity contribution >= 4 is 23.4 Å². The van der Waals surface area contributed by atoms with Crippen LogP contribution >= 0.6 is 11.3 Å². The molecule has 0 aliphatic heterocycles. The Kier molecular flexibility index (Phi) is 6.81. The Morgan fingerprint density at radius 2 is 1.82 bits per heavy atom. The molecule has 0 amide bonds. The number of para-hydroxylation sites is 2. The molecule has 0 saturated heterocycles. The average Bonchev–Trinajstić information content (AvgIpc) is 3.12. The normalized spacial score (nSPS) is 10.8. The van der Waals surface area contributed by atoms with Crippen molar-refractivity contribution in [3.05, 3.63) is 76.3 Å². The lowest BCUT2D eigenvalue weighted by atomic mass is 10.2. The number of benzene rings is 2. The van der Waals surface area contributed by atoms with Gasteiger partial charge in [0.05, 0.1) is 17.3 Å². The Morgan fingerprint density at radius 1 is 1.07 bits per heavy atom. The summed E-state index contributed by atoms with van der Waals surface area (Å²) in [5.41, 5.74) is 1.79. The van der Waals surface area contributed by atoms with Gasteiger partial charge in [-0.1, -0.05) is 24.3 Å². The fourth-order valence-corrected chi connectivity index (χ4v) is 3.02. The van der Waals surface area contributed by atoms with Gasteiger partial charge in [0.15, 0.2) is 11.5 Å². The molecule has 0 bridgehead atoms. The zero-order valence-corrected chi connectivity index (χ0v) is 16.6. The van der Waals surface area contributed by atoms with Crippen molar-refractivity contribution in [1.82, 2.24) is 4.98 Å². The Balaban J connectivity index is 1.54. The summed E-state index contributed by atoms with van der Waals surface area (Å²) in [5, 5.41) is 3.01. The van der Waals surface area contributed by atoms with E-state index in [0.29, 0.717) is 24.7 Å². The first-order valence-electron chi connectivity index (χ1n) is 8.89. The minimum atomic E-state index is -0.466. The van der Waals surface area contributed by atoms with Crippen LogP contribution in [0.25, 0.3) is 6.08 Å². The highest BCUT2D eigenvalue weighted by Gasteiger charge is 2.07. The third-order valence-corrected chi connectivity index (χ3v) is 4.53. The summed E-state index contributed by atoms with van der Waals surface area (Å²) in [5.74, 6) is 1.23. The van der Waals surface area contributed by atoms with E-state index in [9.17, 15) is 4.79 Å². The zero-order valence-electron chi connectivity index (χ0n) is 15.8. The molecule has 2 aromatic carbocycles. The number of nitrogens with zero attached hydrogens (tertiary/aromatic N) is 1. The summed E-state index contributed by atoms with van der Waals surface area (Å²) in [6.45, 7) is 4.78. The van der Waals surface area contributed by atoms with E-state index in [0.717, 1.165) is 22.0 Å². The van der Waals surface area contributed by atoms with Gasteiger partial charge in [-0.3, -0.25) is 0 Å². The number of rotatable bonds is 8. The monoisotopic (exact) mass is 395 g/mol. The van der Waals surface area contributed by atoms with Gasteiger partial charge in [0.1, 0.15) is 12.4 Å². The average molecular weight is 395 g/mol. The number of hydrogen-bond acceptors (Lipinski definition) is 6. The molecule has 0 aliphatic rings. The fourth-order valence-electron chi connectivity index (χ4n) is 2.42. The third-order valence-electron chi connectivity index (χ3n) is 3.70. The summed E-state index contributed by atoms with van der Waals surface area (Å²) in [6, 6.07) is 14.6. The lowest BCUT2D eigenvalue weighted by molar-refractivity contribution is -0.129. The Bertz CT molecular complexity index is 947. The summed E-state index contributed by atoms with van der Waals surface area (Å²) >= 11 is 1.60. The van der Waals surface area contributed by atoms with E-state index in [1.165, 1.54) is 6.08 Å². The molecule has 0 N–H and O–H groups in total. The lowest BCUT2D eigenvalue weighted by Crippen LogP contribution is -2.05. The van der Waals surface area contributed by atoms with E-state index in [1.54, 1.807) is 35.6 Å². The molecule has 3 aromatic rings. The lowest BCUT2D eigenvalue weighted by Gasteiger charge is -2.08. The van der Waals surface area contributed by atoms with Crippen molar-refractivity contribution in [2.75, 3.05) is 6.61 Å². The maximum atomic E-state index is 12.1. The van der Waals surface area contributed by atoms with Crippen molar-refractivity contribution in [1.29, 1.82) is 0 Å².